The number of nitrogens with zero attached hydrogens (tertiary/aromatic N) is 2. The van der Waals surface area contributed by atoms with E-state index in [1.807, 2.05) is 6.92 Å². The van der Waals surface area contributed by atoms with Gasteiger partial charge < -0.3 is 4.52 Å². The van der Waals surface area contributed by atoms with Crippen molar-refractivity contribution in [3.8, 4) is 0 Å². The van der Waals surface area contributed by atoms with Crippen molar-refractivity contribution < 1.29 is 12.9 Å². The molecule has 0 saturated carbocycles. The van der Waals surface area contributed by atoms with Gasteiger partial charge in [-0.05, 0) is 20.3 Å². The number of hydrogen-bond donors (Lipinski definition) is 2. The second kappa shape index (κ2) is 4.45. The number of H-pyrrole nitrogens is 1. The molecule has 0 radical (unpaired) electrons. The summed E-state index contributed by atoms with van der Waals surface area (Å²) in [5, 5.41) is 10.1. The lowest BCUT2D eigenvalue weighted by molar-refractivity contribution is 0.390. The van der Waals surface area contributed by atoms with Gasteiger partial charge in [0.25, 0.3) is 10.0 Å². The van der Waals surface area contributed by atoms with Crippen LogP contribution in [0.5, 0.6) is 0 Å². The van der Waals surface area contributed by atoms with Gasteiger partial charge in [0.2, 0.25) is 0 Å². The summed E-state index contributed by atoms with van der Waals surface area (Å²) in [6.45, 7) is 5.06. The molecule has 0 aliphatic carbocycles. The summed E-state index contributed by atoms with van der Waals surface area (Å²) in [5.74, 6) is 0.634. The van der Waals surface area contributed by atoms with E-state index >= 15 is 0 Å². The molecule has 0 amide bonds. The van der Waals surface area contributed by atoms with Crippen molar-refractivity contribution >= 4 is 15.8 Å². The van der Waals surface area contributed by atoms with Gasteiger partial charge in [-0.1, -0.05) is 12.1 Å². The maximum atomic E-state index is 12.2. The third-order valence-corrected chi connectivity index (χ3v) is 4.16. The molecule has 0 fully saturated rings. The Kier molecular flexibility index (Phi) is 3.12. The van der Waals surface area contributed by atoms with Crippen LogP contribution in [0.15, 0.2) is 15.6 Å². The minimum atomic E-state index is -3.71. The second-order valence-corrected chi connectivity index (χ2v) is 5.50. The van der Waals surface area contributed by atoms with E-state index in [0.29, 0.717) is 17.9 Å². The zero-order chi connectivity index (χ0) is 13.3. The average molecular weight is 270 g/mol. The number of sulfonamides is 1. The fraction of sp³-hybridized carbons (Fsp3) is 0.400. The maximum absolute atomic E-state index is 12.2. The molecule has 0 aliphatic rings. The summed E-state index contributed by atoms with van der Waals surface area (Å²) in [7, 11) is -3.71. The van der Waals surface area contributed by atoms with Gasteiger partial charge in [-0.25, -0.2) is 8.42 Å². The maximum Gasteiger partial charge on any atom is 0.268 e. The van der Waals surface area contributed by atoms with Crippen molar-refractivity contribution in [2.45, 2.75) is 32.1 Å². The first-order chi connectivity index (χ1) is 8.45. The fourth-order valence-electron chi connectivity index (χ4n) is 1.71. The number of anilines is 1. The monoisotopic (exact) mass is 270 g/mol. The molecule has 0 unspecified atom stereocenters. The molecular weight excluding hydrogens is 256 g/mol. The summed E-state index contributed by atoms with van der Waals surface area (Å²) in [6, 6.07) is 0. The number of hydrogen-bond acceptors (Lipinski definition) is 5. The van der Waals surface area contributed by atoms with Gasteiger partial charge in [-0.2, -0.15) is 5.10 Å². The van der Waals surface area contributed by atoms with E-state index in [2.05, 4.69) is 20.1 Å². The van der Waals surface area contributed by atoms with E-state index in [-0.39, 0.29) is 10.7 Å². The molecule has 0 saturated heterocycles. The molecule has 0 aromatic carbocycles. The Morgan fingerprint density at radius 1 is 1.44 bits per heavy atom. The van der Waals surface area contributed by atoms with Crippen LogP contribution in [0.1, 0.15) is 23.9 Å². The topological polar surface area (TPSA) is 101 Å². The minimum Gasteiger partial charge on any atom is -0.360 e. The van der Waals surface area contributed by atoms with Gasteiger partial charge in [0, 0.05) is 5.56 Å². The molecule has 2 heterocycles. The van der Waals surface area contributed by atoms with Crippen LogP contribution in [0.4, 0.5) is 5.82 Å². The van der Waals surface area contributed by atoms with E-state index in [1.54, 1.807) is 20.0 Å². The van der Waals surface area contributed by atoms with Crippen molar-refractivity contribution in [1.82, 2.24) is 15.4 Å². The number of aromatic nitrogens is 3. The van der Waals surface area contributed by atoms with Gasteiger partial charge in [0.1, 0.15) is 11.5 Å². The van der Waals surface area contributed by atoms with Crippen LogP contribution in [0.25, 0.3) is 0 Å². The lowest BCUT2D eigenvalue weighted by Crippen LogP contribution is -2.15. The first-order valence-electron chi connectivity index (χ1n) is 5.43. The van der Waals surface area contributed by atoms with Crippen LogP contribution in [-0.2, 0) is 16.4 Å². The normalized spacial score (nSPS) is 11.7. The lowest BCUT2D eigenvalue weighted by atomic mass is 10.3. The predicted molar refractivity (Wildman–Crippen MR) is 64.8 cm³/mol. The van der Waals surface area contributed by atoms with Crippen LogP contribution in [0, 0.1) is 13.8 Å². The largest absolute Gasteiger partial charge is 0.360 e. The Balaban J connectivity index is 2.40. The minimum absolute atomic E-state index is 0.0687. The molecule has 0 atom stereocenters. The van der Waals surface area contributed by atoms with Crippen molar-refractivity contribution in [2.24, 2.45) is 0 Å². The highest BCUT2D eigenvalue weighted by Gasteiger charge is 2.25. The molecule has 8 heteroatoms. The molecule has 2 aromatic heterocycles. The van der Waals surface area contributed by atoms with Gasteiger partial charge in [-0.3, -0.25) is 9.82 Å². The highest BCUT2D eigenvalue weighted by atomic mass is 32.2. The smallest absolute Gasteiger partial charge is 0.268 e. The van der Waals surface area contributed by atoms with Gasteiger partial charge in [0.05, 0.1) is 6.20 Å². The number of nitrogens with one attached hydrogen (secondary N) is 2. The molecular formula is C10H14N4O3S. The molecule has 98 valence electrons. The Labute approximate surface area is 105 Å². The molecule has 2 aromatic rings. The molecule has 18 heavy (non-hydrogen) atoms. The molecule has 0 aliphatic heterocycles. The molecule has 2 N–H and O–H groups in total. The highest BCUT2D eigenvalue weighted by Crippen LogP contribution is 2.22. The van der Waals surface area contributed by atoms with E-state index < -0.39 is 10.0 Å². The molecule has 7 nitrogen and oxygen atoms in total. The van der Waals surface area contributed by atoms with Crippen LogP contribution < -0.4 is 4.72 Å². The number of rotatable bonds is 4. The first kappa shape index (κ1) is 12.6. The Morgan fingerprint density at radius 3 is 2.72 bits per heavy atom. The first-order valence-corrected chi connectivity index (χ1v) is 6.92. The van der Waals surface area contributed by atoms with Crippen molar-refractivity contribution in [3.05, 3.63) is 23.2 Å². The Hall–Kier alpha value is -1.83. The molecule has 0 bridgehead atoms. The summed E-state index contributed by atoms with van der Waals surface area (Å²) in [5.41, 5.74) is 1.13. The summed E-state index contributed by atoms with van der Waals surface area (Å²) in [6.07, 6.45) is 2.27. The van der Waals surface area contributed by atoms with Gasteiger partial charge in [-0.15, -0.1) is 0 Å². The van der Waals surface area contributed by atoms with Crippen LogP contribution in [-0.4, -0.2) is 23.8 Å². The lowest BCUT2D eigenvalue weighted by Gasteiger charge is -2.06. The fourth-order valence-corrected chi connectivity index (χ4v) is 3.10. The van der Waals surface area contributed by atoms with Crippen molar-refractivity contribution in [1.29, 1.82) is 0 Å². The zero-order valence-corrected chi connectivity index (χ0v) is 11.1. The third kappa shape index (κ3) is 2.10. The van der Waals surface area contributed by atoms with Gasteiger partial charge in [0.15, 0.2) is 10.7 Å². The number of aromatic amines is 1. The quantitative estimate of drug-likeness (QED) is 0.874. The Morgan fingerprint density at radius 2 is 2.17 bits per heavy atom. The van der Waals surface area contributed by atoms with E-state index in [0.717, 1.165) is 5.56 Å². The molecule has 2 rings (SSSR count). The van der Waals surface area contributed by atoms with Crippen LogP contribution in [0.3, 0.4) is 0 Å². The van der Waals surface area contributed by atoms with E-state index in [9.17, 15) is 8.42 Å². The second-order valence-electron chi connectivity index (χ2n) is 3.88. The summed E-state index contributed by atoms with van der Waals surface area (Å²) >= 11 is 0. The zero-order valence-electron chi connectivity index (χ0n) is 10.3. The van der Waals surface area contributed by atoms with Gasteiger partial charge >= 0.3 is 0 Å². The van der Waals surface area contributed by atoms with Crippen LogP contribution >= 0.6 is 0 Å². The predicted octanol–water partition coefficient (Wildman–Crippen LogP) is 1.38. The number of aryl methyl sites for hydroxylation is 3. The third-order valence-electron chi connectivity index (χ3n) is 2.57. The Bertz CT molecular complexity index is 637. The van der Waals surface area contributed by atoms with Crippen molar-refractivity contribution in [3.63, 3.8) is 0 Å². The standard InChI is InChI=1S/C10H14N4O3S/c1-4-8-5-11-12-10(8)14-18(15,16)9-6(2)13-17-7(9)3/h5H,4H2,1-3H3,(H2,11,12,14). The average Bonchev–Trinajstić information content (AvgIpc) is 2.85. The van der Waals surface area contributed by atoms with E-state index in [1.165, 1.54) is 0 Å². The molecule has 0 spiro atoms. The van der Waals surface area contributed by atoms with Crippen LogP contribution in [0.2, 0.25) is 0 Å². The van der Waals surface area contributed by atoms with E-state index in [4.69, 9.17) is 4.52 Å². The highest BCUT2D eigenvalue weighted by molar-refractivity contribution is 7.92. The van der Waals surface area contributed by atoms with Crippen molar-refractivity contribution in [2.75, 3.05) is 4.72 Å². The SMILES string of the molecule is CCc1cn[nH]c1NS(=O)(=O)c1c(C)noc1C. The summed E-state index contributed by atoms with van der Waals surface area (Å²) < 4.78 is 31.7. The summed E-state index contributed by atoms with van der Waals surface area (Å²) in [4.78, 5) is 0.0687.